The molecule has 0 bridgehead atoms. The van der Waals surface area contributed by atoms with E-state index in [2.05, 4.69) is 37.0 Å². The lowest BCUT2D eigenvalue weighted by molar-refractivity contribution is 0.708. The molecule has 0 fully saturated rings. The number of aromatic amines is 1. The average Bonchev–Trinajstić information content (AvgIpc) is 2.63. The summed E-state index contributed by atoms with van der Waals surface area (Å²) in [6.07, 6.45) is 5.97. The molecule has 1 heterocycles. The molecule has 3 heteroatoms. The Morgan fingerprint density at radius 1 is 1.05 bits per heavy atom. The van der Waals surface area contributed by atoms with Crippen molar-refractivity contribution in [3.8, 4) is 0 Å². The Morgan fingerprint density at radius 3 is 2.52 bits per heavy atom. The largest absolute Gasteiger partial charge is 0.310 e. The standard InChI is InChI=1S/C18H22N2O/c1-12-8-13(2)10-14(9-12)11-17-19-16-7-5-3-4-6-15(16)18(21)20-17/h8-10H,3-7,11H2,1-2H3,(H,19,20,21). The van der Waals surface area contributed by atoms with Crippen LogP contribution in [-0.4, -0.2) is 9.97 Å². The van der Waals surface area contributed by atoms with Crippen molar-refractivity contribution in [1.82, 2.24) is 9.97 Å². The third-order valence-corrected chi connectivity index (χ3v) is 4.14. The highest BCUT2D eigenvalue weighted by Gasteiger charge is 2.14. The molecule has 3 nitrogen and oxygen atoms in total. The molecule has 0 radical (unpaired) electrons. The monoisotopic (exact) mass is 282 g/mol. The maximum atomic E-state index is 12.3. The predicted molar refractivity (Wildman–Crippen MR) is 84.8 cm³/mol. The fraction of sp³-hybridized carbons (Fsp3) is 0.444. The van der Waals surface area contributed by atoms with Gasteiger partial charge in [-0.1, -0.05) is 35.7 Å². The van der Waals surface area contributed by atoms with Crippen LogP contribution in [0, 0.1) is 13.8 Å². The molecule has 0 aliphatic heterocycles. The van der Waals surface area contributed by atoms with Gasteiger partial charge in [-0.05, 0) is 45.1 Å². The Labute approximate surface area is 125 Å². The van der Waals surface area contributed by atoms with Crippen molar-refractivity contribution in [1.29, 1.82) is 0 Å². The number of nitrogens with zero attached hydrogens (tertiary/aromatic N) is 1. The molecule has 1 aliphatic rings. The molecular formula is C18H22N2O. The van der Waals surface area contributed by atoms with Gasteiger partial charge in [-0.2, -0.15) is 0 Å². The van der Waals surface area contributed by atoms with Crippen molar-refractivity contribution >= 4 is 0 Å². The number of benzene rings is 1. The minimum Gasteiger partial charge on any atom is -0.310 e. The van der Waals surface area contributed by atoms with Crippen molar-refractivity contribution in [2.24, 2.45) is 0 Å². The molecule has 110 valence electrons. The second-order valence-electron chi connectivity index (χ2n) is 6.17. The van der Waals surface area contributed by atoms with E-state index in [1.807, 2.05) is 0 Å². The van der Waals surface area contributed by atoms with E-state index in [-0.39, 0.29) is 5.56 Å². The number of hydrogen-bond donors (Lipinski definition) is 1. The molecule has 2 aromatic rings. The molecule has 0 spiro atoms. The van der Waals surface area contributed by atoms with E-state index in [9.17, 15) is 4.79 Å². The highest BCUT2D eigenvalue weighted by Crippen LogP contribution is 2.17. The Hall–Kier alpha value is -1.90. The van der Waals surface area contributed by atoms with Crippen molar-refractivity contribution in [3.63, 3.8) is 0 Å². The third kappa shape index (κ3) is 3.23. The summed E-state index contributed by atoms with van der Waals surface area (Å²) in [7, 11) is 0. The minimum absolute atomic E-state index is 0.0706. The molecule has 0 unspecified atom stereocenters. The zero-order valence-electron chi connectivity index (χ0n) is 12.8. The summed E-state index contributed by atoms with van der Waals surface area (Å²) in [5, 5.41) is 0. The van der Waals surface area contributed by atoms with Crippen LogP contribution in [-0.2, 0) is 19.3 Å². The molecule has 1 aromatic carbocycles. The summed E-state index contributed by atoms with van der Waals surface area (Å²) in [6, 6.07) is 6.49. The van der Waals surface area contributed by atoms with E-state index in [1.165, 1.54) is 23.1 Å². The molecule has 1 aliphatic carbocycles. The van der Waals surface area contributed by atoms with Crippen LogP contribution < -0.4 is 5.56 Å². The molecule has 3 rings (SSSR count). The fourth-order valence-electron chi connectivity index (χ4n) is 3.28. The summed E-state index contributed by atoms with van der Waals surface area (Å²) < 4.78 is 0. The maximum Gasteiger partial charge on any atom is 0.254 e. The molecule has 0 atom stereocenters. The number of H-pyrrole nitrogens is 1. The lowest BCUT2D eigenvalue weighted by Crippen LogP contribution is -2.20. The van der Waals surface area contributed by atoms with Gasteiger partial charge in [0, 0.05) is 12.0 Å². The van der Waals surface area contributed by atoms with E-state index < -0.39 is 0 Å². The van der Waals surface area contributed by atoms with Crippen LogP contribution in [0.2, 0.25) is 0 Å². The van der Waals surface area contributed by atoms with Gasteiger partial charge in [0.2, 0.25) is 0 Å². The molecule has 21 heavy (non-hydrogen) atoms. The molecule has 0 saturated heterocycles. The first-order chi connectivity index (χ1) is 10.1. The van der Waals surface area contributed by atoms with Gasteiger partial charge in [0.05, 0.1) is 5.69 Å². The Balaban J connectivity index is 1.94. The zero-order valence-corrected chi connectivity index (χ0v) is 12.8. The highest BCUT2D eigenvalue weighted by molar-refractivity contribution is 5.31. The molecule has 0 amide bonds. The van der Waals surface area contributed by atoms with Crippen LogP contribution in [0.15, 0.2) is 23.0 Å². The van der Waals surface area contributed by atoms with Crippen molar-refractivity contribution in [3.05, 3.63) is 62.3 Å². The van der Waals surface area contributed by atoms with Crippen molar-refractivity contribution < 1.29 is 0 Å². The lowest BCUT2D eigenvalue weighted by Gasteiger charge is -2.08. The second-order valence-corrected chi connectivity index (χ2v) is 6.17. The smallest absolute Gasteiger partial charge is 0.254 e. The molecule has 1 N–H and O–H groups in total. The van der Waals surface area contributed by atoms with E-state index in [1.54, 1.807) is 0 Å². The van der Waals surface area contributed by atoms with Gasteiger partial charge in [-0.15, -0.1) is 0 Å². The summed E-state index contributed by atoms with van der Waals surface area (Å²) in [5.74, 6) is 0.797. The average molecular weight is 282 g/mol. The van der Waals surface area contributed by atoms with Crippen LogP contribution in [0.5, 0.6) is 0 Å². The zero-order chi connectivity index (χ0) is 14.8. The Bertz CT molecular complexity index is 695. The number of fused-ring (bicyclic) bond motifs is 1. The van der Waals surface area contributed by atoms with Crippen molar-refractivity contribution in [2.75, 3.05) is 0 Å². The van der Waals surface area contributed by atoms with Crippen LogP contribution in [0.3, 0.4) is 0 Å². The lowest BCUT2D eigenvalue weighted by atomic mass is 10.0. The van der Waals surface area contributed by atoms with Crippen molar-refractivity contribution in [2.45, 2.75) is 52.4 Å². The van der Waals surface area contributed by atoms with Crippen LogP contribution in [0.25, 0.3) is 0 Å². The number of nitrogens with one attached hydrogen (secondary N) is 1. The Morgan fingerprint density at radius 2 is 1.76 bits per heavy atom. The van der Waals surface area contributed by atoms with E-state index in [0.717, 1.165) is 42.8 Å². The normalized spacial score (nSPS) is 14.6. The van der Waals surface area contributed by atoms with Gasteiger partial charge in [0.15, 0.2) is 0 Å². The highest BCUT2D eigenvalue weighted by atomic mass is 16.1. The molecular weight excluding hydrogens is 260 g/mol. The first-order valence-electron chi connectivity index (χ1n) is 7.80. The maximum absolute atomic E-state index is 12.3. The quantitative estimate of drug-likeness (QED) is 0.859. The first kappa shape index (κ1) is 14.1. The van der Waals surface area contributed by atoms with Gasteiger partial charge in [0.25, 0.3) is 5.56 Å². The first-order valence-corrected chi connectivity index (χ1v) is 7.80. The van der Waals surface area contributed by atoms with E-state index in [0.29, 0.717) is 6.42 Å². The summed E-state index contributed by atoms with van der Waals surface area (Å²) in [5.41, 5.74) is 5.72. The minimum atomic E-state index is 0.0706. The van der Waals surface area contributed by atoms with Crippen LogP contribution in [0.4, 0.5) is 0 Å². The molecule has 1 aromatic heterocycles. The van der Waals surface area contributed by atoms with Crippen LogP contribution >= 0.6 is 0 Å². The SMILES string of the molecule is Cc1cc(C)cc(Cc2nc3c(c(=O)[nH]2)CCCCC3)c1. The summed E-state index contributed by atoms with van der Waals surface area (Å²) in [6.45, 7) is 4.20. The predicted octanol–water partition coefficient (Wildman–Crippen LogP) is 3.25. The van der Waals surface area contributed by atoms with Gasteiger partial charge < -0.3 is 4.98 Å². The topological polar surface area (TPSA) is 45.8 Å². The Kier molecular flexibility index (Phi) is 3.91. The number of aromatic nitrogens is 2. The number of hydrogen-bond acceptors (Lipinski definition) is 2. The second kappa shape index (κ2) is 5.84. The number of aryl methyl sites for hydroxylation is 3. The fourth-order valence-corrected chi connectivity index (χ4v) is 3.28. The van der Waals surface area contributed by atoms with Gasteiger partial charge in [-0.3, -0.25) is 4.79 Å². The van der Waals surface area contributed by atoms with Gasteiger partial charge in [0.1, 0.15) is 5.82 Å². The number of rotatable bonds is 2. The third-order valence-electron chi connectivity index (χ3n) is 4.14. The van der Waals surface area contributed by atoms with E-state index >= 15 is 0 Å². The van der Waals surface area contributed by atoms with Gasteiger partial charge in [-0.25, -0.2) is 4.98 Å². The summed E-state index contributed by atoms with van der Waals surface area (Å²) >= 11 is 0. The van der Waals surface area contributed by atoms with Gasteiger partial charge >= 0.3 is 0 Å². The van der Waals surface area contributed by atoms with E-state index in [4.69, 9.17) is 4.98 Å². The van der Waals surface area contributed by atoms with Crippen LogP contribution in [0.1, 0.15) is 53.0 Å². The molecule has 0 saturated carbocycles. The summed E-state index contributed by atoms with van der Waals surface area (Å²) in [4.78, 5) is 20.0.